The minimum Gasteiger partial charge on any atom is -0.480 e. The van der Waals surface area contributed by atoms with Crippen LogP contribution >= 0.6 is 0 Å². The monoisotopic (exact) mass is 503 g/mol. The predicted octanol–water partition coefficient (Wildman–Crippen LogP) is -3.07. The van der Waals surface area contributed by atoms with Gasteiger partial charge < -0.3 is 42.6 Å². The van der Waals surface area contributed by atoms with Crippen LogP contribution in [0.15, 0.2) is 42.9 Å². The Morgan fingerprint density at radius 3 is 2.08 bits per heavy atom. The van der Waals surface area contributed by atoms with Crippen molar-refractivity contribution in [2.75, 3.05) is 6.61 Å². The van der Waals surface area contributed by atoms with E-state index >= 15 is 0 Å². The number of nitrogens with one attached hydrogen (secondary N) is 4. The van der Waals surface area contributed by atoms with Crippen LogP contribution in [-0.4, -0.2) is 80.6 Å². The molecule has 4 amide bonds. The molecule has 14 heteroatoms. The molecule has 0 fully saturated rings. The van der Waals surface area contributed by atoms with E-state index in [0.29, 0.717) is 11.3 Å². The molecule has 0 aliphatic carbocycles. The fourth-order valence-electron chi connectivity index (χ4n) is 3.19. The molecule has 0 saturated carbocycles. The van der Waals surface area contributed by atoms with E-state index in [1.54, 1.807) is 30.3 Å². The normalized spacial score (nSPS) is 14.1. The lowest BCUT2D eigenvalue weighted by Gasteiger charge is -2.24. The van der Waals surface area contributed by atoms with Gasteiger partial charge in [-0.05, 0) is 5.56 Å². The van der Waals surface area contributed by atoms with Gasteiger partial charge in [0.05, 0.1) is 19.4 Å². The lowest BCUT2D eigenvalue weighted by Crippen LogP contribution is -2.58. The molecule has 2 aromatic rings. The number of nitrogens with zero attached hydrogens (tertiary/aromatic N) is 1. The molecule has 14 nitrogen and oxygen atoms in total. The van der Waals surface area contributed by atoms with Crippen LogP contribution in [0.2, 0.25) is 0 Å². The van der Waals surface area contributed by atoms with Crippen molar-refractivity contribution in [3.05, 3.63) is 54.1 Å². The number of primary amides is 1. The summed E-state index contributed by atoms with van der Waals surface area (Å²) >= 11 is 0. The molecular formula is C22H29N7O7. The van der Waals surface area contributed by atoms with Gasteiger partial charge in [-0.3, -0.25) is 19.2 Å². The highest BCUT2D eigenvalue weighted by atomic mass is 16.4. The Hall–Kier alpha value is -4.30. The fraction of sp³-hybridized carbons (Fsp3) is 0.364. The summed E-state index contributed by atoms with van der Waals surface area (Å²) in [6.07, 6.45) is 1.97. The van der Waals surface area contributed by atoms with Gasteiger partial charge in [0.2, 0.25) is 23.6 Å². The Morgan fingerprint density at radius 2 is 1.53 bits per heavy atom. The number of aliphatic hydroxyl groups excluding tert-OH is 1. The molecule has 10 N–H and O–H groups in total. The minimum atomic E-state index is -1.53. The molecule has 0 bridgehead atoms. The molecule has 0 radical (unpaired) electrons. The first kappa shape index (κ1) is 27.9. The van der Waals surface area contributed by atoms with Crippen molar-refractivity contribution in [2.45, 2.75) is 43.4 Å². The maximum atomic E-state index is 13.1. The molecule has 4 unspecified atom stereocenters. The second kappa shape index (κ2) is 13.6. The predicted molar refractivity (Wildman–Crippen MR) is 125 cm³/mol. The molecule has 1 aromatic carbocycles. The van der Waals surface area contributed by atoms with Crippen LogP contribution in [0, 0.1) is 0 Å². The summed E-state index contributed by atoms with van der Waals surface area (Å²) in [5.41, 5.74) is 11.9. The molecule has 36 heavy (non-hydrogen) atoms. The molecule has 0 aliphatic heterocycles. The highest BCUT2D eigenvalue weighted by molar-refractivity contribution is 5.96. The van der Waals surface area contributed by atoms with Crippen molar-refractivity contribution < 1.29 is 34.2 Å². The molecule has 4 atom stereocenters. The van der Waals surface area contributed by atoms with Gasteiger partial charge in [-0.15, -0.1) is 0 Å². The quantitative estimate of drug-likeness (QED) is 0.130. The number of carbonyl (C=O) groups is 5. The Labute approximate surface area is 205 Å². The molecule has 1 aromatic heterocycles. The van der Waals surface area contributed by atoms with Gasteiger partial charge in [-0.25, -0.2) is 9.78 Å². The molecule has 0 spiro atoms. The zero-order valence-electron chi connectivity index (χ0n) is 19.2. The van der Waals surface area contributed by atoms with Crippen molar-refractivity contribution in [2.24, 2.45) is 11.5 Å². The Bertz CT molecular complexity index is 1050. The molecule has 194 valence electrons. The fourth-order valence-corrected chi connectivity index (χ4v) is 3.19. The van der Waals surface area contributed by atoms with Crippen LogP contribution in [0.4, 0.5) is 0 Å². The van der Waals surface area contributed by atoms with E-state index in [0.717, 1.165) is 0 Å². The van der Waals surface area contributed by atoms with Crippen molar-refractivity contribution in [3.63, 3.8) is 0 Å². The summed E-state index contributed by atoms with van der Waals surface area (Å²) in [6.45, 7) is -0.662. The van der Waals surface area contributed by atoms with Crippen LogP contribution in [0.25, 0.3) is 0 Å². The number of nitrogens with two attached hydrogens (primary N) is 2. The molecule has 0 aliphatic rings. The average Bonchev–Trinajstić information content (AvgIpc) is 3.35. The second-order valence-corrected chi connectivity index (χ2v) is 7.95. The zero-order valence-corrected chi connectivity index (χ0v) is 19.2. The first-order valence-corrected chi connectivity index (χ1v) is 10.9. The first-order chi connectivity index (χ1) is 17.1. The standard InChI is InChI=1S/C22H29N7O7/c23-14(10-30)19(32)27-15(6-12-4-2-1-3-5-12)20(33)28-16(8-18(24)31)21(34)29-17(22(35)36)7-13-9-25-11-26-13/h1-5,9,11,14-17,30H,6-8,10,23H2,(H2,24,31)(H,25,26)(H,27,32)(H,28,33)(H,29,34)(H,35,36). The largest absolute Gasteiger partial charge is 0.480 e. The summed E-state index contributed by atoms with van der Waals surface area (Å²) in [5.74, 6) is -4.91. The Balaban J connectivity index is 2.19. The van der Waals surface area contributed by atoms with Gasteiger partial charge in [0.25, 0.3) is 0 Å². The van der Waals surface area contributed by atoms with Crippen molar-refractivity contribution >= 4 is 29.6 Å². The van der Waals surface area contributed by atoms with Gasteiger partial charge in [0.1, 0.15) is 24.2 Å². The third kappa shape index (κ3) is 8.81. The molecule has 0 saturated heterocycles. The van der Waals surface area contributed by atoms with Crippen LogP contribution in [0.5, 0.6) is 0 Å². The van der Waals surface area contributed by atoms with E-state index in [1.807, 2.05) is 0 Å². The van der Waals surface area contributed by atoms with Gasteiger partial charge in [-0.1, -0.05) is 30.3 Å². The van der Waals surface area contributed by atoms with E-state index in [4.69, 9.17) is 16.6 Å². The Morgan fingerprint density at radius 1 is 0.917 bits per heavy atom. The number of aliphatic carboxylic acids is 1. The van der Waals surface area contributed by atoms with Crippen LogP contribution in [0.1, 0.15) is 17.7 Å². The summed E-state index contributed by atoms with van der Waals surface area (Å²) in [5, 5.41) is 25.7. The van der Waals surface area contributed by atoms with Crippen LogP contribution in [-0.2, 0) is 36.8 Å². The maximum absolute atomic E-state index is 13.1. The van der Waals surface area contributed by atoms with Crippen molar-refractivity contribution in [1.82, 2.24) is 25.9 Å². The summed E-state index contributed by atoms with van der Waals surface area (Å²) in [4.78, 5) is 67.9. The number of rotatable bonds is 14. The third-order valence-corrected chi connectivity index (χ3v) is 5.08. The summed E-state index contributed by atoms with van der Waals surface area (Å²) in [6, 6.07) is 3.17. The van der Waals surface area contributed by atoms with Crippen molar-refractivity contribution in [1.29, 1.82) is 0 Å². The third-order valence-electron chi connectivity index (χ3n) is 5.08. The van der Waals surface area contributed by atoms with Gasteiger partial charge in [0.15, 0.2) is 0 Å². The number of carboxylic acid groups (broad SMARTS) is 1. The van der Waals surface area contributed by atoms with Gasteiger partial charge >= 0.3 is 5.97 Å². The first-order valence-electron chi connectivity index (χ1n) is 10.9. The van der Waals surface area contributed by atoms with E-state index in [9.17, 15) is 29.1 Å². The number of amides is 4. The number of aromatic amines is 1. The van der Waals surface area contributed by atoms with Crippen LogP contribution in [0.3, 0.4) is 0 Å². The van der Waals surface area contributed by atoms with E-state index in [1.165, 1.54) is 12.5 Å². The van der Waals surface area contributed by atoms with Gasteiger partial charge in [-0.2, -0.15) is 0 Å². The molecule has 2 rings (SSSR count). The molecule has 1 heterocycles. The number of carboxylic acids is 1. The Kier molecular flexibility index (Phi) is 10.5. The number of carbonyl (C=O) groups excluding carboxylic acids is 4. The van der Waals surface area contributed by atoms with Gasteiger partial charge in [0, 0.05) is 24.7 Å². The van der Waals surface area contributed by atoms with E-state index in [2.05, 4.69) is 25.9 Å². The number of imidazole rings is 1. The van der Waals surface area contributed by atoms with Crippen molar-refractivity contribution in [3.8, 4) is 0 Å². The highest BCUT2D eigenvalue weighted by Gasteiger charge is 2.31. The smallest absolute Gasteiger partial charge is 0.326 e. The lowest BCUT2D eigenvalue weighted by molar-refractivity contribution is -0.142. The van der Waals surface area contributed by atoms with E-state index < -0.39 is 66.8 Å². The highest BCUT2D eigenvalue weighted by Crippen LogP contribution is 2.06. The summed E-state index contributed by atoms with van der Waals surface area (Å²) in [7, 11) is 0. The maximum Gasteiger partial charge on any atom is 0.326 e. The lowest BCUT2D eigenvalue weighted by atomic mass is 10.0. The average molecular weight is 504 g/mol. The number of hydrogen-bond donors (Lipinski definition) is 8. The number of hydrogen-bond acceptors (Lipinski definition) is 8. The zero-order chi connectivity index (χ0) is 26.7. The molecular weight excluding hydrogens is 474 g/mol. The second-order valence-electron chi connectivity index (χ2n) is 7.95. The summed E-state index contributed by atoms with van der Waals surface area (Å²) < 4.78 is 0. The number of aliphatic hydroxyl groups is 1. The van der Waals surface area contributed by atoms with E-state index in [-0.39, 0.29) is 12.8 Å². The minimum absolute atomic E-state index is 0.000945. The number of H-pyrrole nitrogens is 1. The number of benzene rings is 1. The topological polar surface area (TPSA) is 243 Å². The van der Waals surface area contributed by atoms with Crippen LogP contribution < -0.4 is 27.4 Å². The number of aromatic nitrogens is 2. The SMILES string of the molecule is NC(=O)CC(NC(=O)C(Cc1ccccc1)NC(=O)C(N)CO)C(=O)NC(Cc1cnc[nH]1)C(=O)O.